The number of hydrogen-bond acceptors (Lipinski definition) is 6. The number of aromatic nitrogens is 1. The first-order valence-electron chi connectivity index (χ1n) is 12.3. The molecule has 0 N–H and O–H groups in total. The van der Waals surface area contributed by atoms with Crippen molar-refractivity contribution in [3.8, 4) is 5.75 Å². The smallest absolute Gasteiger partial charge is 0.427 e. The first-order chi connectivity index (χ1) is 18.4. The average molecular weight is 563 g/mol. The zero-order chi connectivity index (χ0) is 28.3. The van der Waals surface area contributed by atoms with Crippen LogP contribution < -0.4 is 4.74 Å². The minimum absolute atomic E-state index is 0.105. The molecule has 2 aliphatic rings. The van der Waals surface area contributed by atoms with Gasteiger partial charge in [0, 0.05) is 30.9 Å². The van der Waals surface area contributed by atoms with Gasteiger partial charge in [0.15, 0.2) is 0 Å². The fourth-order valence-electron chi connectivity index (χ4n) is 4.69. The lowest BCUT2D eigenvalue weighted by Gasteiger charge is -2.38. The summed E-state index contributed by atoms with van der Waals surface area (Å²) in [5.41, 5.74) is -0.360. The van der Waals surface area contributed by atoms with E-state index in [4.69, 9.17) is 18.9 Å². The number of likely N-dealkylation sites (tertiary alicyclic amines) is 1. The number of alkyl halides is 6. The highest BCUT2D eigenvalue weighted by atomic mass is 19.4. The van der Waals surface area contributed by atoms with E-state index in [0.29, 0.717) is 36.3 Å². The van der Waals surface area contributed by atoms with Gasteiger partial charge in [-0.05, 0) is 49.1 Å². The van der Waals surface area contributed by atoms with Crippen LogP contribution in [0.5, 0.6) is 5.75 Å². The van der Waals surface area contributed by atoms with Crippen LogP contribution >= 0.6 is 0 Å². The Morgan fingerprint density at radius 1 is 1.10 bits per heavy atom. The molecule has 214 valence electrons. The van der Waals surface area contributed by atoms with E-state index in [1.165, 1.54) is 18.1 Å². The predicted molar refractivity (Wildman–Crippen MR) is 125 cm³/mol. The van der Waals surface area contributed by atoms with Crippen molar-refractivity contribution in [3.05, 3.63) is 59.4 Å². The molecule has 2 aromatic rings. The number of nitrogens with zero attached hydrogens (tertiary/aromatic N) is 2. The van der Waals surface area contributed by atoms with Crippen molar-refractivity contribution in [2.24, 2.45) is 0 Å². The summed E-state index contributed by atoms with van der Waals surface area (Å²) in [4.78, 5) is 17.7. The van der Waals surface area contributed by atoms with Crippen molar-refractivity contribution in [2.45, 2.75) is 55.8 Å². The number of benzene rings is 1. The third-order valence-corrected chi connectivity index (χ3v) is 6.98. The molecule has 1 spiro atoms. The SMILES string of the molecule is COc1ccc(COCC(OC(=O)N2CCC3(CC2)CC(c2ccc(C(F)(F)F)cn2)CO3)C(F)(F)F)cc1. The van der Waals surface area contributed by atoms with Crippen LogP contribution in [-0.2, 0) is 27.0 Å². The van der Waals surface area contributed by atoms with Crippen molar-refractivity contribution in [2.75, 3.05) is 33.4 Å². The third kappa shape index (κ3) is 7.33. The maximum absolute atomic E-state index is 13.5. The molecule has 13 heteroatoms. The van der Waals surface area contributed by atoms with E-state index in [0.717, 1.165) is 12.3 Å². The quantitative estimate of drug-likeness (QED) is 0.402. The molecule has 2 atom stereocenters. The van der Waals surface area contributed by atoms with Crippen LogP contribution in [-0.4, -0.2) is 67.3 Å². The van der Waals surface area contributed by atoms with E-state index in [1.54, 1.807) is 24.3 Å². The van der Waals surface area contributed by atoms with Crippen LogP contribution in [0.3, 0.4) is 0 Å². The van der Waals surface area contributed by atoms with E-state index in [9.17, 15) is 31.1 Å². The van der Waals surface area contributed by atoms with Crippen LogP contribution in [0.1, 0.15) is 42.0 Å². The molecule has 7 nitrogen and oxygen atoms in total. The zero-order valence-electron chi connectivity index (χ0n) is 21.1. The molecule has 1 aromatic heterocycles. The van der Waals surface area contributed by atoms with Gasteiger partial charge in [0.05, 0.1) is 38.1 Å². The van der Waals surface area contributed by atoms with Gasteiger partial charge in [-0.15, -0.1) is 0 Å². The number of piperidine rings is 1. The number of halogens is 6. The van der Waals surface area contributed by atoms with E-state index in [1.807, 2.05) is 0 Å². The number of pyridine rings is 1. The maximum Gasteiger partial charge on any atom is 0.427 e. The summed E-state index contributed by atoms with van der Waals surface area (Å²) < 4.78 is 100.0. The molecule has 0 saturated carbocycles. The maximum atomic E-state index is 13.5. The zero-order valence-corrected chi connectivity index (χ0v) is 21.1. The molecule has 1 amide bonds. The molecule has 0 radical (unpaired) electrons. The summed E-state index contributed by atoms with van der Waals surface area (Å²) >= 11 is 0. The van der Waals surface area contributed by atoms with Gasteiger partial charge >= 0.3 is 18.4 Å². The largest absolute Gasteiger partial charge is 0.497 e. The summed E-state index contributed by atoms with van der Waals surface area (Å²) in [7, 11) is 1.49. The Hall–Kier alpha value is -3.06. The predicted octanol–water partition coefficient (Wildman–Crippen LogP) is 5.73. The average Bonchev–Trinajstić information content (AvgIpc) is 3.31. The second-order valence-electron chi connectivity index (χ2n) is 9.63. The summed E-state index contributed by atoms with van der Waals surface area (Å²) in [5, 5.41) is 0. The van der Waals surface area contributed by atoms with Gasteiger partial charge in [-0.3, -0.25) is 4.98 Å². The van der Waals surface area contributed by atoms with Crippen molar-refractivity contribution in [1.82, 2.24) is 9.88 Å². The number of amides is 1. The summed E-state index contributed by atoms with van der Waals surface area (Å²) in [6, 6.07) is 8.92. The molecule has 2 aliphatic heterocycles. The molecule has 2 unspecified atom stereocenters. The fourth-order valence-corrected chi connectivity index (χ4v) is 4.69. The van der Waals surface area contributed by atoms with E-state index >= 15 is 0 Å². The van der Waals surface area contributed by atoms with Crippen LogP contribution in [0.4, 0.5) is 31.1 Å². The van der Waals surface area contributed by atoms with Gasteiger partial charge in [0.25, 0.3) is 0 Å². The number of hydrogen-bond donors (Lipinski definition) is 0. The minimum Gasteiger partial charge on any atom is -0.497 e. The lowest BCUT2D eigenvalue weighted by atomic mass is 9.84. The van der Waals surface area contributed by atoms with E-state index in [-0.39, 0.29) is 32.2 Å². The lowest BCUT2D eigenvalue weighted by molar-refractivity contribution is -0.220. The summed E-state index contributed by atoms with van der Waals surface area (Å²) in [6.45, 7) is -0.479. The van der Waals surface area contributed by atoms with Gasteiger partial charge in [-0.1, -0.05) is 12.1 Å². The van der Waals surface area contributed by atoms with Gasteiger partial charge in [0.2, 0.25) is 6.10 Å². The Bertz CT molecular complexity index is 1100. The molecule has 2 fully saturated rings. The first kappa shape index (κ1) is 28.9. The van der Waals surface area contributed by atoms with Gasteiger partial charge in [0.1, 0.15) is 5.75 Å². The molecule has 0 bridgehead atoms. The third-order valence-electron chi connectivity index (χ3n) is 6.98. The molecule has 4 rings (SSSR count). The number of methoxy groups -OCH3 is 1. The first-order valence-corrected chi connectivity index (χ1v) is 12.3. The molecular weight excluding hydrogens is 534 g/mol. The second-order valence-corrected chi connectivity index (χ2v) is 9.63. The highest BCUT2D eigenvalue weighted by Crippen LogP contribution is 2.43. The highest BCUT2D eigenvalue weighted by molar-refractivity contribution is 5.68. The molecule has 2 saturated heterocycles. The van der Waals surface area contributed by atoms with Crippen LogP contribution in [0.15, 0.2) is 42.6 Å². The normalized spacial score (nSPS) is 20.2. The standard InChI is InChI=1S/C26H28F6N2O5/c1-36-20-5-2-17(3-6-20)14-37-16-22(26(30,31)32)39-23(35)34-10-8-24(9-11-34)12-18(15-38-24)21-7-4-19(13-33-21)25(27,28)29/h2-7,13,18,22H,8-12,14-16H2,1H3. The van der Waals surface area contributed by atoms with Crippen LogP contribution in [0.2, 0.25) is 0 Å². The topological polar surface area (TPSA) is 70.1 Å². The van der Waals surface area contributed by atoms with Crippen molar-refractivity contribution >= 4 is 6.09 Å². The minimum atomic E-state index is -4.82. The van der Waals surface area contributed by atoms with E-state index < -0.39 is 42.3 Å². The molecule has 39 heavy (non-hydrogen) atoms. The number of carbonyl (C=O) groups excluding carboxylic acids is 1. The number of rotatable bonds is 7. The number of carbonyl (C=O) groups is 1. The lowest BCUT2D eigenvalue weighted by Crippen LogP contribution is -2.49. The molecular formula is C26H28F6N2O5. The number of ether oxygens (including phenoxy) is 4. The highest BCUT2D eigenvalue weighted by Gasteiger charge is 2.47. The molecule has 1 aromatic carbocycles. The van der Waals surface area contributed by atoms with Crippen molar-refractivity contribution < 1.29 is 50.1 Å². The fraction of sp³-hybridized carbons (Fsp3) is 0.538. The Morgan fingerprint density at radius 3 is 2.36 bits per heavy atom. The van der Waals surface area contributed by atoms with Gasteiger partial charge in [-0.25, -0.2) is 4.79 Å². The Labute approximate surface area is 221 Å². The van der Waals surface area contributed by atoms with Crippen molar-refractivity contribution in [1.29, 1.82) is 0 Å². The molecule has 0 aliphatic carbocycles. The van der Waals surface area contributed by atoms with Gasteiger partial charge < -0.3 is 23.8 Å². The Balaban J connectivity index is 1.27. The van der Waals surface area contributed by atoms with Crippen molar-refractivity contribution in [3.63, 3.8) is 0 Å². The summed E-state index contributed by atoms with van der Waals surface area (Å²) in [6.07, 6.45) is -10.9. The van der Waals surface area contributed by atoms with Gasteiger partial charge in [-0.2, -0.15) is 26.3 Å². The van der Waals surface area contributed by atoms with Crippen LogP contribution in [0.25, 0.3) is 0 Å². The van der Waals surface area contributed by atoms with Crippen LogP contribution in [0, 0.1) is 0 Å². The Morgan fingerprint density at radius 2 is 1.79 bits per heavy atom. The summed E-state index contributed by atoms with van der Waals surface area (Å²) in [5.74, 6) is 0.377. The molecule has 3 heterocycles. The van der Waals surface area contributed by atoms with E-state index in [2.05, 4.69) is 4.98 Å². The monoisotopic (exact) mass is 562 g/mol. The Kier molecular flexibility index (Phi) is 8.60. The second kappa shape index (κ2) is 11.6.